The number of aromatic amines is 2. The number of hydrogen-bond donors (Lipinski definition) is 5. The van der Waals surface area contributed by atoms with E-state index in [9.17, 15) is 4.79 Å². The minimum absolute atomic E-state index is 0.211. The van der Waals surface area contributed by atoms with Crippen LogP contribution in [0.2, 0.25) is 0 Å². The average Bonchev–Trinajstić information content (AvgIpc) is 3.22. The molecule has 3 aromatic rings. The first kappa shape index (κ1) is 17.2. The van der Waals surface area contributed by atoms with Crippen LogP contribution in [0.15, 0.2) is 24.4 Å². The number of urea groups is 1. The Morgan fingerprint density at radius 3 is 2.96 bits per heavy atom. The molecule has 9 heteroatoms. The first-order valence-electron chi connectivity index (χ1n) is 9.76. The highest BCUT2D eigenvalue weighted by molar-refractivity contribution is 5.93. The molecule has 0 spiro atoms. The number of benzene rings is 1. The van der Waals surface area contributed by atoms with Gasteiger partial charge in [-0.1, -0.05) is 6.07 Å². The number of nitrogens with zero attached hydrogens (tertiary/aromatic N) is 2. The summed E-state index contributed by atoms with van der Waals surface area (Å²) in [7, 11) is 0. The predicted octanol–water partition coefficient (Wildman–Crippen LogP) is 0.652. The Morgan fingerprint density at radius 1 is 1.29 bits per heavy atom. The van der Waals surface area contributed by atoms with E-state index in [0.717, 1.165) is 56.7 Å². The van der Waals surface area contributed by atoms with Gasteiger partial charge in [-0.05, 0) is 25.0 Å². The molecule has 2 aromatic heterocycles. The molecule has 0 atom stereocenters. The van der Waals surface area contributed by atoms with Crippen molar-refractivity contribution >= 4 is 22.8 Å². The fourth-order valence-electron chi connectivity index (χ4n) is 3.54. The smallest absolute Gasteiger partial charge is 0.319 e. The Kier molecular flexibility index (Phi) is 4.46. The van der Waals surface area contributed by atoms with Gasteiger partial charge in [-0.25, -0.2) is 9.78 Å². The highest BCUT2D eigenvalue weighted by Gasteiger charge is 2.24. The third-order valence-corrected chi connectivity index (χ3v) is 5.24. The molecule has 5 N–H and O–H groups in total. The van der Waals surface area contributed by atoms with Crippen molar-refractivity contribution in [2.24, 2.45) is 0 Å². The number of anilines is 1. The number of nitrogens with one attached hydrogen (secondary N) is 5. The van der Waals surface area contributed by atoms with E-state index in [4.69, 9.17) is 4.74 Å². The van der Waals surface area contributed by atoms with Gasteiger partial charge in [0.15, 0.2) is 5.82 Å². The summed E-state index contributed by atoms with van der Waals surface area (Å²) in [4.78, 5) is 21.6. The van der Waals surface area contributed by atoms with Crippen LogP contribution in [-0.2, 0) is 11.3 Å². The van der Waals surface area contributed by atoms with Gasteiger partial charge in [0, 0.05) is 11.6 Å². The van der Waals surface area contributed by atoms with Gasteiger partial charge in [-0.15, -0.1) is 0 Å². The lowest BCUT2D eigenvalue weighted by atomic mass is 10.2. The summed E-state index contributed by atoms with van der Waals surface area (Å²) >= 11 is 0. The zero-order chi connectivity index (χ0) is 18.9. The summed E-state index contributed by atoms with van der Waals surface area (Å²) in [5, 5.41) is 12.8. The Bertz CT molecular complexity index is 985. The number of carbonyl (C=O) groups excluding carboxylic acids is 1. The Morgan fingerprint density at radius 2 is 2.14 bits per heavy atom. The number of imidazole rings is 1. The molecule has 0 unspecified atom stereocenters. The molecular weight excluding hydrogens is 358 g/mol. The van der Waals surface area contributed by atoms with Crippen LogP contribution in [0.25, 0.3) is 22.6 Å². The summed E-state index contributed by atoms with van der Waals surface area (Å²) < 4.78 is 5.43. The van der Waals surface area contributed by atoms with Crippen molar-refractivity contribution in [3.63, 3.8) is 0 Å². The van der Waals surface area contributed by atoms with Crippen LogP contribution in [-0.4, -0.2) is 58.5 Å². The highest BCUT2D eigenvalue weighted by Crippen LogP contribution is 2.26. The summed E-state index contributed by atoms with van der Waals surface area (Å²) in [6.07, 6.45) is 3.69. The number of hydrogen-bond acceptors (Lipinski definition) is 4. The number of ether oxygens (including phenoxy) is 1. The summed E-state index contributed by atoms with van der Waals surface area (Å²) in [6, 6.07) is 6.40. The van der Waals surface area contributed by atoms with Gasteiger partial charge in [-0.2, -0.15) is 5.10 Å². The molecular formula is C19H24N7O2+. The molecule has 1 saturated carbocycles. The fourth-order valence-corrected chi connectivity index (χ4v) is 3.54. The van der Waals surface area contributed by atoms with Crippen LogP contribution in [0, 0.1) is 0 Å². The second kappa shape index (κ2) is 7.25. The largest absolute Gasteiger partial charge is 0.370 e. The lowest BCUT2D eigenvalue weighted by molar-refractivity contribution is -0.921. The van der Waals surface area contributed by atoms with E-state index in [1.807, 2.05) is 6.07 Å². The van der Waals surface area contributed by atoms with Crippen molar-refractivity contribution < 1.29 is 14.4 Å². The quantitative estimate of drug-likeness (QED) is 0.446. The van der Waals surface area contributed by atoms with Crippen LogP contribution in [0.1, 0.15) is 18.4 Å². The first-order valence-corrected chi connectivity index (χ1v) is 9.76. The molecule has 0 radical (unpaired) electrons. The maximum absolute atomic E-state index is 12.0. The van der Waals surface area contributed by atoms with Crippen LogP contribution in [0.3, 0.4) is 0 Å². The van der Waals surface area contributed by atoms with E-state index in [1.165, 1.54) is 10.5 Å². The number of H-pyrrole nitrogens is 2. The van der Waals surface area contributed by atoms with Crippen LogP contribution < -0.4 is 15.5 Å². The van der Waals surface area contributed by atoms with E-state index in [2.05, 4.69) is 42.9 Å². The normalized spacial score (nSPS) is 17.7. The summed E-state index contributed by atoms with van der Waals surface area (Å²) in [6.45, 7) is 4.72. The van der Waals surface area contributed by atoms with Crippen LogP contribution >= 0.6 is 0 Å². The van der Waals surface area contributed by atoms with Gasteiger partial charge in [0.1, 0.15) is 25.3 Å². The molecule has 2 fully saturated rings. The van der Waals surface area contributed by atoms with E-state index in [-0.39, 0.29) is 6.03 Å². The van der Waals surface area contributed by atoms with Crippen molar-refractivity contribution in [2.75, 3.05) is 31.6 Å². The third kappa shape index (κ3) is 3.71. The number of aromatic nitrogens is 4. The van der Waals surface area contributed by atoms with Gasteiger partial charge < -0.3 is 25.3 Å². The monoisotopic (exact) mass is 382 g/mol. The number of fused-ring (bicyclic) bond motifs is 1. The van der Waals surface area contributed by atoms with Crippen molar-refractivity contribution in [1.29, 1.82) is 0 Å². The lowest BCUT2D eigenvalue weighted by Crippen LogP contribution is -3.12. The predicted molar refractivity (Wildman–Crippen MR) is 104 cm³/mol. The molecule has 146 valence electrons. The molecule has 0 bridgehead atoms. The second-order valence-electron chi connectivity index (χ2n) is 7.51. The first-order chi connectivity index (χ1) is 13.7. The molecule has 2 aliphatic rings. The minimum Gasteiger partial charge on any atom is -0.370 e. The maximum Gasteiger partial charge on any atom is 0.319 e. The summed E-state index contributed by atoms with van der Waals surface area (Å²) in [5.41, 5.74) is 4.41. The highest BCUT2D eigenvalue weighted by atomic mass is 16.5. The molecule has 1 aliphatic carbocycles. The number of amides is 2. The van der Waals surface area contributed by atoms with Gasteiger partial charge in [0.25, 0.3) is 0 Å². The number of carbonyl (C=O) groups is 1. The van der Waals surface area contributed by atoms with Gasteiger partial charge >= 0.3 is 6.03 Å². The Balaban J connectivity index is 1.35. The average molecular weight is 382 g/mol. The molecule has 2 amide bonds. The lowest BCUT2D eigenvalue weighted by Gasteiger charge is -2.23. The molecule has 3 heterocycles. The van der Waals surface area contributed by atoms with Gasteiger partial charge in [0.05, 0.1) is 36.1 Å². The maximum atomic E-state index is 12.0. The molecule has 1 aliphatic heterocycles. The SMILES string of the molecule is O=C(Nc1cn[nH]c1-c1nc2ccc(C[NH+]3CCOCC3)cc2[nH]1)NC1CC1. The topological polar surface area (TPSA) is 112 Å². The van der Waals surface area contributed by atoms with Gasteiger partial charge in [0.2, 0.25) is 0 Å². The van der Waals surface area contributed by atoms with Crippen molar-refractivity contribution in [2.45, 2.75) is 25.4 Å². The Labute approximate surface area is 161 Å². The Hall–Kier alpha value is -2.91. The molecule has 5 rings (SSSR count). The zero-order valence-corrected chi connectivity index (χ0v) is 15.5. The van der Waals surface area contributed by atoms with Crippen molar-refractivity contribution in [1.82, 2.24) is 25.5 Å². The van der Waals surface area contributed by atoms with E-state index in [0.29, 0.717) is 23.2 Å². The van der Waals surface area contributed by atoms with Crippen molar-refractivity contribution in [3.05, 3.63) is 30.0 Å². The molecule has 1 aromatic carbocycles. The van der Waals surface area contributed by atoms with E-state index < -0.39 is 0 Å². The number of rotatable bonds is 5. The van der Waals surface area contributed by atoms with E-state index >= 15 is 0 Å². The molecule has 9 nitrogen and oxygen atoms in total. The van der Waals surface area contributed by atoms with E-state index in [1.54, 1.807) is 6.20 Å². The number of morpholine rings is 1. The van der Waals surface area contributed by atoms with Crippen molar-refractivity contribution in [3.8, 4) is 11.5 Å². The third-order valence-electron chi connectivity index (χ3n) is 5.24. The van der Waals surface area contributed by atoms with Crippen LogP contribution in [0.4, 0.5) is 10.5 Å². The minimum atomic E-state index is -0.211. The second-order valence-corrected chi connectivity index (χ2v) is 7.51. The van der Waals surface area contributed by atoms with Gasteiger partial charge in [-0.3, -0.25) is 5.10 Å². The zero-order valence-electron chi connectivity index (χ0n) is 15.5. The standard InChI is InChI=1S/C19H23N7O2/c27-19(21-13-2-3-13)24-16-10-20-25-17(16)18-22-14-4-1-12(9-15(14)23-18)11-26-5-7-28-8-6-26/h1,4,9-10,13H,2-3,5-8,11H2,(H,20,25)(H,22,23)(H2,21,24,27)/p+1. The molecule has 28 heavy (non-hydrogen) atoms. The fraction of sp³-hybridized carbons (Fsp3) is 0.421. The van der Waals surface area contributed by atoms with Crippen LogP contribution in [0.5, 0.6) is 0 Å². The number of quaternary nitrogens is 1. The molecule has 1 saturated heterocycles. The summed E-state index contributed by atoms with van der Waals surface area (Å²) in [5.74, 6) is 0.657.